The molecule has 0 aromatic rings. The van der Waals surface area contributed by atoms with Crippen molar-refractivity contribution in [3.8, 4) is 0 Å². The summed E-state index contributed by atoms with van der Waals surface area (Å²) in [6, 6.07) is -4.56. The Hall–Kier alpha value is -1.50. The maximum absolute atomic E-state index is 12.3. The van der Waals surface area contributed by atoms with Crippen molar-refractivity contribution in [2.75, 3.05) is 18.1 Å². The highest BCUT2D eigenvalue weighted by Crippen LogP contribution is 2.05. The van der Waals surface area contributed by atoms with Crippen LogP contribution in [0.2, 0.25) is 0 Å². The number of aliphatic hydroxyl groups excluding tert-OH is 1. The second-order valence-electron chi connectivity index (χ2n) is 6.31. The van der Waals surface area contributed by atoms with E-state index in [2.05, 4.69) is 41.2 Å². The minimum Gasteiger partial charge on any atom is -0.480 e. The van der Waals surface area contributed by atoms with Gasteiger partial charge in [-0.25, -0.2) is 4.79 Å². The summed E-state index contributed by atoms with van der Waals surface area (Å²) in [6.45, 7) is 2.90. The number of thiol groups is 2. The third kappa shape index (κ3) is 9.31. The fourth-order valence-corrected chi connectivity index (χ4v) is 2.41. The maximum Gasteiger partial charge on any atom is 0.326 e. The van der Waals surface area contributed by atoms with Crippen molar-refractivity contribution in [2.24, 2.45) is 11.7 Å². The number of nitrogens with two attached hydrogens (primary N) is 1. The summed E-state index contributed by atoms with van der Waals surface area (Å²) in [5, 5.41) is 25.4. The molecule has 4 unspecified atom stereocenters. The summed E-state index contributed by atoms with van der Waals surface area (Å²) < 4.78 is 0. The molecular formula is C15H28N4O6S2. The van der Waals surface area contributed by atoms with Crippen LogP contribution < -0.4 is 21.7 Å². The molecule has 0 radical (unpaired) electrons. The van der Waals surface area contributed by atoms with Crippen LogP contribution >= 0.6 is 25.3 Å². The Balaban J connectivity index is 4.96. The Morgan fingerprint density at radius 2 is 1.37 bits per heavy atom. The van der Waals surface area contributed by atoms with Crippen LogP contribution in [0.5, 0.6) is 0 Å². The van der Waals surface area contributed by atoms with E-state index >= 15 is 0 Å². The third-order valence-corrected chi connectivity index (χ3v) is 4.24. The summed E-state index contributed by atoms with van der Waals surface area (Å²) in [5.41, 5.74) is 5.48. The van der Waals surface area contributed by atoms with Gasteiger partial charge in [-0.1, -0.05) is 13.8 Å². The molecule has 0 bridgehead atoms. The zero-order chi connectivity index (χ0) is 21.1. The smallest absolute Gasteiger partial charge is 0.326 e. The van der Waals surface area contributed by atoms with Crippen molar-refractivity contribution < 1.29 is 29.4 Å². The standard InChI is InChI=1S/C15H28N4O6S2/c1-7(2)3-9(15(24)25)17-14(23)11(6-27)19-13(22)10(4-20)18-12(21)8(16)5-26/h7-11,20,26-27H,3-6,16H2,1-2H3,(H,17,23)(H,18,21)(H,19,22)(H,24,25). The molecule has 12 heteroatoms. The van der Waals surface area contributed by atoms with Gasteiger partial charge in [-0.3, -0.25) is 14.4 Å². The summed E-state index contributed by atoms with van der Waals surface area (Å²) in [7, 11) is 0. The van der Waals surface area contributed by atoms with Crippen LogP contribution in [0.4, 0.5) is 0 Å². The molecule has 0 fully saturated rings. The molecular weight excluding hydrogens is 396 g/mol. The quantitative estimate of drug-likeness (QED) is 0.164. The molecule has 0 aliphatic carbocycles. The summed E-state index contributed by atoms with van der Waals surface area (Å²) >= 11 is 7.85. The molecule has 0 aromatic carbocycles. The van der Waals surface area contributed by atoms with E-state index in [-0.39, 0.29) is 23.8 Å². The van der Waals surface area contributed by atoms with Crippen molar-refractivity contribution in [1.29, 1.82) is 0 Å². The highest BCUT2D eigenvalue weighted by atomic mass is 32.1. The van der Waals surface area contributed by atoms with Gasteiger partial charge in [0.15, 0.2) is 0 Å². The minimum absolute atomic E-state index is 0.0282. The van der Waals surface area contributed by atoms with E-state index < -0.39 is 54.5 Å². The normalized spacial score (nSPS) is 15.4. The lowest BCUT2D eigenvalue weighted by molar-refractivity contribution is -0.142. The fourth-order valence-electron chi connectivity index (χ4n) is 1.99. The molecule has 3 amide bonds. The number of nitrogens with one attached hydrogen (secondary N) is 3. The van der Waals surface area contributed by atoms with E-state index in [0.717, 1.165) is 0 Å². The number of hydrogen-bond donors (Lipinski definition) is 8. The van der Waals surface area contributed by atoms with E-state index in [4.69, 9.17) is 5.73 Å². The lowest BCUT2D eigenvalue weighted by atomic mass is 10.0. The molecule has 7 N–H and O–H groups in total. The SMILES string of the molecule is CC(C)CC(NC(=O)C(CS)NC(=O)C(CO)NC(=O)C(N)CS)C(=O)O. The first-order valence-corrected chi connectivity index (χ1v) is 9.55. The van der Waals surface area contributed by atoms with Gasteiger partial charge in [0.2, 0.25) is 17.7 Å². The number of carbonyl (C=O) groups is 4. The molecule has 10 nitrogen and oxygen atoms in total. The molecule has 0 aliphatic heterocycles. The second-order valence-corrected chi connectivity index (χ2v) is 7.04. The van der Waals surface area contributed by atoms with Crippen LogP contribution in [-0.2, 0) is 19.2 Å². The van der Waals surface area contributed by atoms with Crippen molar-refractivity contribution in [3.05, 3.63) is 0 Å². The van der Waals surface area contributed by atoms with Crippen molar-refractivity contribution in [2.45, 2.75) is 44.4 Å². The molecule has 0 saturated heterocycles. The van der Waals surface area contributed by atoms with Crippen LogP contribution in [0.25, 0.3) is 0 Å². The molecule has 0 spiro atoms. The number of aliphatic hydroxyl groups is 1. The fraction of sp³-hybridized carbons (Fsp3) is 0.733. The largest absolute Gasteiger partial charge is 0.480 e. The number of rotatable bonds is 12. The van der Waals surface area contributed by atoms with Crippen molar-refractivity contribution in [3.63, 3.8) is 0 Å². The third-order valence-electron chi connectivity index (χ3n) is 3.49. The first-order valence-electron chi connectivity index (χ1n) is 8.29. The van der Waals surface area contributed by atoms with Gasteiger partial charge in [0.25, 0.3) is 0 Å². The Morgan fingerprint density at radius 3 is 1.78 bits per heavy atom. The zero-order valence-corrected chi connectivity index (χ0v) is 17.0. The highest BCUT2D eigenvalue weighted by Gasteiger charge is 2.29. The lowest BCUT2D eigenvalue weighted by Crippen LogP contribution is -2.58. The van der Waals surface area contributed by atoms with Crippen LogP contribution in [0.3, 0.4) is 0 Å². The van der Waals surface area contributed by atoms with Gasteiger partial charge < -0.3 is 31.9 Å². The van der Waals surface area contributed by atoms with Gasteiger partial charge in [0.05, 0.1) is 12.6 Å². The van der Waals surface area contributed by atoms with Crippen LogP contribution in [0, 0.1) is 5.92 Å². The van der Waals surface area contributed by atoms with E-state index in [0.29, 0.717) is 0 Å². The van der Waals surface area contributed by atoms with Crippen LogP contribution in [0.15, 0.2) is 0 Å². The van der Waals surface area contributed by atoms with E-state index in [1.54, 1.807) is 0 Å². The summed E-state index contributed by atoms with van der Waals surface area (Å²) in [5.74, 6) is -3.49. The van der Waals surface area contributed by atoms with E-state index in [9.17, 15) is 29.4 Å². The van der Waals surface area contributed by atoms with Gasteiger partial charge >= 0.3 is 5.97 Å². The Morgan fingerprint density at radius 1 is 0.889 bits per heavy atom. The molecule has 0 rings (SSSR count). The Bertz CT molecular complexity index is 534. The van der Waals surface area contributed by atoms with Crippen molar-refractivity contribution >= 4 is 48.9 Å². The lowest BCUT2D eigenvalue weighted by Gasteiger charge is -2.23. The van der Waals surface area contributed by atoms with Gasteiger partial charge in [0, 0.05) is 11.5 Å². The molecule has 0 aliphatic rings. The first kappa shape index (κ1) is 25.5. The van der Waals surface area contributed by atoms with Crippen molar-refractivity contribution in [1.82, 2.24) is 16.0 Å². The molecule has 0 heterocycles. The highest BCUT2D eigenvalue weighted by molar-refractivity contribution is 7.80. The van der Waals surface area contributed by atoms with Crippen LogP contribution in [0.1, 0.15) is 20.3 Å². The van der Waals surface area contributed by atoms with Crippen LogP contribution in [-0.4, -0.2) is 76.2 Å². The Kier molecular flexibility index (Phi) is 12.1. The number of carbonyl (C=O) groups excluding carboxylic acids is 3. The molecule has 0 saturated carbocycles. The number of carboxylic acids is 1. The minimum atomic E-state index is -1.33. The monoisotopic (exact) mass is 424 g/mol. The zero-order valence-electron chi connectivity index (χ0n) is 15.2. The average Bonchev–Trinajstić information content (AvgIpc) is 2.61. The molecule has 4 atom stereocenters. The number of carboxylic acid groups (broad SMARTS) is 1. The predicted molar refractivity (Wildman–Crippen MR) is 106 cm³/mol. The number of aliphatic carboxylic acids is 1. The first-order chi connectivity index (χ1) is 12.6. The second kappa shape index (κ2) is 12.8. The summed E-state index contributed by atoms with van der Waals surface area (Å²) in [6.07, 6.45) is 0.214. The molecule has 0 aromatic heterocycles. The average molecular weight is 425 g/mol. The number of amides is 3. The van der Waals surface area contributed by atoms with E-state index in [1.165, 1.54) is 0 Å². The maximum atomic E-state index is 12.3. The van der Waals surface area contributed by atoms with Gasteiger partial charge in [-0.05, 0) is 12.3 Å². The predicted octanol–water partition coefficient (Wildman–Crippen LogP) is -2.25. The topological polar surface area (TPSA) is 171 Å². The van der Waals surface area contributed by atoms with Gasteiger partial charge in [-0.15, -0.1) is 0 Å². The molecule has 27 heavy (non-hydrogen) atoms. The van der Waals surface area contributed by atoms with E-state index in [1.807, 2.05) is 13.8 Å². The van der Waals surface area contributed by atoms with Gasteiger partial charge in [0.1, 0.15) is 18.1 Å². The van der Waals surface area contributed by atoms with Gasteiger partial charge in [-0.2, -0.15) is 25.3 Å². The Labute approximate surface area is 168 Å². The number of hydrogen-bond acceptors (Lipinski definition) is 8. The summed E-state index contributed by atoms with van der Waals surface area (Å²) in [4.78, 5) is 47.5. The molecule has 156 valence electrons.